The number of hydrogen-bond acceptors (Lipinski definition) is 3. The van der Waals surface area contributed by atoms with Crippen LogP contribution >= 0.6 is 0 Å². The summed E-state index contributed by atoms with van der Waals surface area (Å²) in [7, 11) is -1.69. The molecule has 0 fully saturated rings. The van der Waals surface area contributed by atoms with E-state index in [0.717, 1.165) is 6.42 Å². The van der Waals surface area contributed by atoms with E-state index in [2.05, 4.69) is 0 Å². The van der Waals surface area contributed by atoms with Crippen molar-refractivity contribution in [2.24, 2.45) is 7.05 Å². The SMILES string of the molecule is CS(=O)(=O)O.Cn1cccc1CCO. The van der Waals surface area contributed by atoms with Gasteiger partial charge in [-0.25, -0.2) is 0 Å². The minimum atomic E-state index is -3.67. The van der Waals surface area contributed by atoms with Crippen molar-refractivity contribution in [3.05, 3.63) is 24.0 Å². The zero-order valence-corrected chi connectivity index (χ0v) is 9.03. The van der Waals surface area contributed by atoms with E-state index in [4.69, 9.17) is 9.66 Å². The van der Waals surface area contributed by atoms with Gasteiger partial charge >= 0.3 is 0 Å². The van der Waals surface area contributed by atoms with Gasteiger partial charge in [-0.3, -0.25) is 4.55 Å². The first kappa shape index (κ1) is 13.2. The Morgan fingerprint density at radius 1 is 1.50 bits per heavy atom. The third-order valence-electron chi connectivity index (χ3n) is 1.42. The van der Waals surface area contributed by atoms with Crippen LogP contribution < -0.4 is 0 Å². The van der Waals surface area contributed by atoms with Gasteiger partial charge in [-0.15, -0.1) is 0 Å². The molecule has 0 spiro atoms. The topological polar surface area (TPSA) is 79.5 Å². The van der Waals surface area contributed by atoms with Gasteiger partial charge in [-0.2, -0.15) is 8.42 Å². The number of aliphatic hydroxyl groups excluding tert-OH is 1. The summed E-state index contributed by atoms with van der Waals surface area (Å²) in [5.41, 5.74) is 1.18. The Bertz CT molecular complexity index is 347. The van der Waals surface area contributed by atoms with Crippen LogP contribution in [0.15, 0.2) is 18.3 Å². The summed E-state index contributed by atoms with van der Waals surface area (Å²) < 4.78 is 27.9. The highest BCUT2D eigenvalue weighted by Crippen LogP contribution is 1.98. The Morgan fingerprint density at radius 3 is 2.29 bits per heavy atom. The normalized spacial score (nSPS) is 10.6. The van der Waals surface area contributed by atoms with Crippen molar-refractivity contribution in [3.63, 3.8) is 0 Å². The van der Waals surface area contributed by atoms with Crippen LogP contribution in [0.3, 0.4) is 0 Å². The van der Waals surface area contributed by atoms with Crippen LogP contribution in [0.25, 0.3) is 0 Å². The van der Waals surface area contributed by atoms with Gasteiger partial charge in [-0.05, 0) is 12.1 Å². The van der Waals surface area contributed by atoms with Crippen LogP contribution in [0.1, 0.15) is 5.69 Å². The molecule has 1 aromatic rings. The van der Waals surface area contributed by atoms with Crippen molar-refractivity contribution < 1.29 is 18.1 Å². The van der Waals surface area contributed by atoms with Gasteiger partial charge in [0.2, 0.25) is 0 Å². The molecule has 5 nitrogen and oxygen atoms in total. The van der Waals surface area contributed by atoms with Gasteiger partial charge in [0.05, 0.1) is 6.26 Å². The molecule has 0 aliphatic heterocycles. The fraction of sp³-hybridized carbons (Fsp3) is 0.500. The van der Waals surface area contributed by atoms with Crippen molar-refractivity contribution in [1.29, 1.82) is 0 Å². The van der Waals surface area contributed by atoms with Crippen LogP contribution in [0.4, 0.5) is 0 Å². The lowest BCUT2D eigenvalue weighted by Crippen LogP contribution is -1.97. The smallest absolute Gasteiger partial charge is 0.261 e. The first-order chi connectivity index (χ1) is 6.34. The molecule has 0 bridgehead atoms. The largest absolute Gasteiger partial charge is 0.396 e. The molecule has 14 heavy (non-hydrogen) atoms. The maximum atomic E-state index is 9.19. The fourth-order valence-corrected chi connectivity index (χ4v) is 0.871. The molecule has 0 radical (unpaired) electrons. The van der Waals surface area contributed by atoms with Crippen molar-refractivity contribution in [2.45, 2.75) is 6.42 Å². The minimum absolute atomic E-state index is 0.234. The molecule has 1 rings (SSSR count). The Hall–Kier alpha value is -0.850. The van der Waals surface area contributed by atoms with E-state index in [1.807, 2.05) is 29.9 Å². The lowest BCUT2D eigenvalue weighted by atomic mass is 10.3. The average molecular weight is 221 g/mol. The third-order valence-corrected chi connectivity index (χ3v) is 1.42. The van der Waals surface area contributed by atoms with Gasteiger partial charge in [-0.1, -0.05) is 0 Å². The Balaban J connectivity index is 0.000000292. The van der Waals surface area contributed by atoms with Crippen LogP contribution in [-0.2, 0) is 23.6 Å². The van der Waals surface area contributed by atoms with Crippen LogP contribution in [0, 0.1) is 0 Å². The van der Waals surface area contributed by atoms with Crippen LogP contribution in [0.5, 0.6) is 0 Å². The number of rotatable bonds is 2. The maximum absolute atomic E-state index is 9.19. The molecule has 2 N–H and O–H groups in total. The van der Waals surface area contributed by atoms with E-state index < -0.39 is 10.1 Å². The van der Waals surface area contributed by atoms with E-state index >= 15 is 0 Å². The molecule has 6 heteroatoms. The second-order valence-corrected chi connectivity index (χ2v) is 4.28. The summed E-state index contributed by atoms with van der Waals surface area (Å²) in [5.74, 6) is 0. The Morgan fingerprint density at radius 2 is 2.00 bits per heavy atom. The monoisotopic (exact) mass is 221 g/mol. The maximum Gasteiger partial charge on any atom is 0.261 e. The first-order valence-electron chi connectivity index (χ1n) is 3.98. The van der Waals surface area contributed by atoms with Gasteiger partial charge in [0.1, 0.15) is 0 Å². The van der Waals surface area contributed by atoms with Crippen LogP contribution in [0.2, 0.25) is 0 Å². The zero-order chi connectivity index (χ0) is 11.2. The molecule has 0 amide bonds. The molecule has 1 heterocycles. The fourth-order valence-electron chi connectivity index (χ4n) is 0.871. The molecule has 0 unspecified atom stereocenters. The number of aliphatic hydroxyl groups is 1. The highest BCUT2D eigenvalue weighted by atomic mass is 32.2. The molecular weight excluding hydrogens is 206 g/mol. The number of nitrogens with zero attached hydrogens (tertiary/aromatic N) is 1. The number of hydrogen-bond donors (Lipinski definition) is 2. The van der Waals surface area contributed by atoms with E-state index in [1.165, 1.54) is 5.69 Å². The van der Waals surface area contributed by atoms with E-state index in [1.54, 1.807) is 0 Å². The van der Waals surface area contributed by atoms with Crippen molar-refractivity contribution in [3.8, 4) is 0 Å². The highest BCUT2D eigenvalue weighted by Gasteiger charge is 1.92. The lowest BCUT2D eigenvalue weighted by molar-refractivity contribution is 0.297. The minimum Gasteiger partial charge on any atom is -0.396 e. The van der Waals surface area contributed by atoms with E-state index in [0.29, 0.717) is 6.26 Å². The molecule has 0 saturated heterocycles. The molecule has 0 aliphatic rings. The number of aryl methyl sites for hydroxylation is 1. The molecule has 0 saturated carbocycles. The first-order valence-corrected chi connectivity index (χ1v) is 5.83. The van der Waals surface area contributed by atoms with Gasteiger partial charge in [0.15, 0.2) is 0 Å². The van der Waals surface area contributed by atoms with Gasteiger partial charge in [0, 0.05) is 32.0 Å². The van der Waals surface area contributed by atoms with Crippen molar-refractivity contribution in [2.75, 3.05) is 12.9 Å². The predicted molar refractivity (Wildman–Crippen MR) is 53.7 cm³/mol. The summed E-state index contributed by atoms with van der Waals surface area (Å²) in [6.45, 7) is 0.234. The van der Waals surface area contributed by atoms with Crippen molar-refractivity contribution in [1.82, 2.24) is 4.57 Å². The van der Waals surface area contributed by atoms with Crippen LogP contribution in [-0.4, -0.2) is 35.5 Å². The lowest BCUT2D eigenvalue weighted by Gasteiger charge is -1.97. The molecular formula is C8H15NO4S. The molecule has 0 aliphatic carbocycles. The molecule has 82 valence electrons. The quantitative estimate of drug-likeness (QED) is 0.692. The Kier molecular flexibility index (Phi) is 5.44. The zero-order valence-electron chi connectivity index (χ0n) is 8.21. The molecule has 0 aromatic carbocycles. The summed E-state index contributed by atoms with van der Waals surface area (Å²) in [5, 5.41) is 8.55. The summed E-state index contributed by atoms with van der Waals surface area (Å²) in [6, 6.07) is 3.99. The number of aromatic nitrogens is 1. The Labute approximate surface area is 83.7 Å². The second-order valence-electron chi connectivity index (χ2n) is 2.82. The summed E-state index contributed by atoms with van der Waals surface area (Å²) >= 11 is 0. The molecule has 1 aromatic heterocycles. The molecule has 0 atom stereocenters. The summed E-state index contributed by atoms with van der Waals surface area (Å²) in [4.78, 5) is 0. The third kappa shape index (κ3) is 7.78. The van der Waals surface area contributed by atoms with Gasteiger partial charge < -0.3 is 9.67 Å². The van der Waals surface area contributed by atoms with E-state index in [9.17, 15) is 8.42 Å². The van der Waals surface area contributed by atoms with Gasteiger partial charge in [0.25, 0.3) is 10.1 Å². The second kappa shape index (κ2) is 5.79. The summed E-state index contributed by atoms with van der Waals surface area (Å²) in [6.07, 6.45) is 3.45. The average Bonchev–Trinajstić information content (AvgIpc) is 2.34. The highest BCUT2D eigenvalue weighted by molar-refractivity contribution is 7.85. The van der Waals surface area contributed by atoms with E-state index in [-0.39, 0.29) is 6.61 Å². The van der Waals surface area contributed by atoms with Crippen molar-refractivity contribution >= 4 is 10.1 Å². The standard InChI is InChI=1S/C7H11NO.CH4O3S/c1-8-5-2-3-7(8)4-6-9;1-5(2,3)4/h2-3,5,9H,4,6H2,1H3;1H3,(H,2,3,4). The predicted octanol–water partition coefficient (Wildman–Crippen LogP) is 0.0639.